The van der Waals surface area contributed by atoms with E-state index < -0.39 is 0 Å². The number of nitrogens with zero attached hydrogens (tertiary/aromatic N) is 1. The molecular weight excluding hydrogens is 370 g/mol. The Kier molecular flexibility index (Phi) is 5.78. The molecule has 4 rings (SSSR count). The van der Waals surface area contributed by atoms with E-state index in [1.54, 1.807) is 6.07 Å². The highest BCUT2D eigenvalue weighted by molar-refractivity contribution is 8.04. The van der Waals surface area contributed by atoms with Crippen molar-refractivity contribution < 1.29 is 9.59 Å². The number of hydrogen-bond acceptors (Lipinski definition) is 4. The molecule has 2 aromatic rings. The van der Waals surface area contributed by atoms with Crippen LogP contribution in [-0.2, 0) is 4.79 Å². The van der Waals surface area contributed by atoms with Crippen molar-refractivity contribution in [3.05, 3.63) is 64.6 Å². The van der Waals surface area contributed by atoms with Gasteiger partial charge in [0.2, 0.25) is 0 Å². The van der Waals surface area contributed by atoms with Gasteiger partial charge in [-0.05, 0) is 55.8 Å². The van der Waals surface area contributed by atoms with Crippen LogP contribution in [0.5, 0.6) is 0 Å². The van der Waals surface area contributed by atoms with Gasteiger partial charge in [-0.3, -0.25) is 9.59 Å². The molecule has 2 heterocycles. The van der Waals surface area contributed by atoms with E-state index >= 15 is 0 Å². The summed E-state index contributed by atoms with van der Waals surface area (Å²) in [5.74, 6) is -0.250. The van der Waals surface area contributed by atoms with Crippen LogP contribution in [0.3, 0.4) is 0 Å². The van der Waals surface area contributed by atoms with Crippen LogP contribution in [0.25, 0.3) is 6.08 Å². The summed E-state index contributed by atoms with van der Waals surface area (Å²) in [6.07, 6.45) is 4.37. The number of nitrogens with one attached hydrogen (secondary N) is 2. The lowest BCUT2D eigenvalue weighted by molar-refractivity contribution is -0.112. The van der Waals surface area contributed by atoms with Crippen LogP contribution >= 0.6 is 11.8 Å². The lowest BCUT2D eigenvalue weighted by Crippen LogP contribution is -2.33. The SMILES string of the molecule is O=C1Nc2cc(C(=O)NCCN3CCCC3)ccc2SC1=Cc1ccccc1. The molecule has 144 valence electrons. The lowest BCUT2D eigenvalue weighted by Gasteiger charge is -2.19. The van der Waals surface area contributed by atoms with Crippen molar-refractivity contribution in [1.29, 1.82) is 0 Å². The molecule has 2 amide bonds. The van der Waals surface area contributed by atoms with Crippen molar-refractivity contribution >= 4 is 35.3 Å². The Morgan fingerprint density at radius 1 is 1.14 bits per heavy atom. The Bertz CT molecular complexity index is 905. The third-order valence-electron chi connectivity index (χ3n) is 4.94. The first kappa shape index (κ1) is 18.8. The number of thioether (sulfide) groups is 1. The number of likely N-dealkylation sites (tertiary alicyclic amines) is 1. The fraction of sp³-hybridized carbons (Fsp3) is 0.273. The Hall–Kier alpha value is -2.57. The van der Waals surface area contributed by atoms with Gasteiger partial charge in [-0.15, -0.1) is 0 Å². The maximum absolute atomic E-state index is 12.5. The molecule has 1 saturated heterocycles. The molecule has 2 aliphatic rings. The van der Waals surface area contributed by atoms with Crippen LogP contribution < -0.4 is 10.6 Å². The van der Waals surface area contributed by atoms with E-state index in [-0.39, 0.29) is 11.8 Å². The second-order valence-corrected chi connectivity index (χ2v) is 8.07. The third kappa shape index (κ3) is 4.46. The summed E-state index contributed by atoms with van der Waals surface area (Å²) >= 11 is 1.43. The summed E-state index contributed by atoms with van der Waals surface area (Å²) in [6, 6.07) is 15.2. The molecule has 2 N–H and O–H groups in total. The van der Waals surface area contributed by atoms with Crippen LogP contribution in [0.1, 0.15) is 28.8 Å². The first-order valence-corrected chi connectivity index (χ1v) is 10.4. The Morgan fingerprint density at radius 2 is 1.93 bits per heavy atom. The van der Waals surface area contributed by atoms with Crippen LogP contribution in [-0.4, -0.2) is 42.9 Å². The quantitative estimate of drug-likeness (QED) is 0.762. The van der Waals surface area contributed by atoms with Crippen LogP contribution in [0.4, 0.5) is 5.69 Å². The van der Waals surface area contributed by atoms with E-state index in [0.29, 0.717) is 22.7 Å². The summed E-state index contributed by atoms with van der Waals surface area (Å²) in [5, 5.41) is 5.88. The van der Waals surface area contributed by atoms with Gasteiger partial charge in [0.1, 0.15) is 0 Å². The van der Waals surface area contributed by atoms with Gasteiger partial charge in [-0.2, -0.15) is 0 Å². The maximum atomic E-state index is 12.5. The smallest absolute Gasteiger partial charge is 0.262 e. The minimum atomic E-state index is -0.145. The average molecular weight is 394 g/mol. The van der Waals surface area contributed by atoms with Gasteiger partial charge >= 0.3 is 0 Å². The zero-order valence-corrected chi connectivity index (χ0v) is 16.4. The largest absolute Gasteiger partial charge is 0.351 e. The van der Waals surface area contributed by atoms with E-state index in [0.717, 1.165) is 30.1 Å². The van der Waals surface area contributed by atoms with Crippen molar-refractivity contribution in [1.82, 2.24) is 10.2 Å². The first-order chi connectivity index (χ1) is 13.7. The van der Waals surface area contributed by atoms with Crippen molar-refractivity contribution in [2.45, 2.75) is 17.7 Å². The fourth-order valence-corrected chi connectivity index (χ4v) is 4.37. The van der Waals surface area contributed by atoms with Gasteiger partial charge in [0.25, 0.3) is 11.8 Å². The topological polar surface area (TPSA) is 61.4 Å². The van der Waals surface area contributed by atoms with Crippen molar-refractivity contribution in [2.75, 3.05) is 31.5 Å². The predicted octanol–water partition coefficient (Wildman–Crippen LogP) is 3.60. The molecule has 2 aliphatic heterocycles. The monoisotopic (exact) mass is 393 g/mol. The number of anilines is 1. The summed E-state index contributed by atoms with van der Waals surface area (Å²) in [5.41, 5.74) is 2.24. The van der Waals surface area contributed by atoms with Crippen LogP contribution in [0, 0.1) is 0 Å². The lowest BCUT2D eigenvalue weighted by atomic mass is 10.1. The Morgan fingerprint density at radius 3 is 2.71 bits per heavy atom. The molecule has 0 aliphatic carbocycles. The molecule has 0 spiro atoms. The zero-order chi connectivity index (χ0) is 19.3. The predicted molar refractivity (Wildman–Crippen MR) is 113 cm³/mol. The van der Waals surface area contributed by atoms with Gasteiger partial charge in [0, 0.05) is 23.5 Å². The Labute approximate surface area is 169 Å². The highest BCUT2D eigenvalue weighted by atomic mass is 32.2. The van der Waals surface area contributed by atoms with E-state index in [1.165, 1.54) is 24.6 Å². The molecule has 6 heteroatoms. The van der Waals surface area contributed by atoms with Gasteiger partial charge < -0.3 is 15.5 Å². The molecule has 0 radical (unpaired) electrons. The number of hydrogen-bond donors (Lipinski definition) is 2. The maximum Gasteiger partial charge on any atom is 0.262 e. The van der Waals surface area contributed by atoms with Gasteiger partial charge in [0.15, 0.2) is 0 Å². The molecular formula is C22H23N3O2S. The van der Waals surface area contributed by atoms with E-state index in [2.05, 4.69) is 15.5 Å². The number of rotatable bonds is 5. The number of fused-ring (bicyclic) bond motifs is 1. The number of carbonyl (C=O) groups is 2. The molecule has 0 saturated carbocycles. The second-order valence-electron chi connectivity index (χ2n) is 6.99. The highest BCUT2D eigenvalue weighted by Crippen LogP contribution is 2.39. The minimum Gasteiger partial charge on any atom is -0.351 e. The van der Waals surface area contributed by atoms with Crippen LogP contribution in [0.2, 0.25) is 0 Å². The van der Waals surface area contributed by atoms with Gasteiger partial charge in [0.05, 0.1) is 10.6 Å². The van der Waals surface area contributed by atoms with E-state index in [9.17, 15) is 9.59 Å². The molecule has 0 bridgehead atoms. The minimum absolute atomic E-state index is 0.105. The average Bonchev–Trinajstić information content (AvgIpc) is 3.22. The van der Waals surface area contributed by atoms with Crippen molar-refractivity contribution in [2.24, 2.45) is 0 Å². The third-order valence-corrected chi connectivity index (χ3v) is 6.04. The molecule has 0 unspecified atom stereocenters. The molecule has 28 heavy (non-hydrogen) atoms. The summed E-state index contributed by atoms with van der Waals surface area (Å²) < 4.78 is 0. The summed E-state index contributed by atoms with van der Waals surface area (Å²) in [6.45, 7) is 3.77. The molecule has 1 fully saturated rings. The second kappa shape index (κ2) is 8.63. The van der Waals surface area contributed by atoms with Gasteiger partial charge in [-0.25, -0.2) is 0 Å². The Balaban J connectivity index is 1.41. The van der Waals surface area contributed by atoms with Crippen molar-refractivity contribution in [3.63, 3.8) is 0 Å². The number of carbonyl (C=O) groups excluding carboxylic acids is 2. The van der Waals surface area contributed by atoms with E-state index in [4.69, 9.17) is 0 Å². The number of benzene rings is 2. The molecule has 2 aromatic carbocycles. The molecule has 0 aromatic heterocycles. The number of amides is 2. The molecule has 0 atom stereocenters. The fourth-order valence-electron chi connectivity index (χ4n) is 3.44. The molecule has 5 nitrogen and oxygen atoms in total. The summed E-state index contributed by atoms with van der Waals surface area (Å²) in [7, 11) is 0. The van der Waals surface area contributed by atoms with Gasteiger partial charge in [-0.1, -0.05) is 42.1 Å². The first-order valence-electron chi connectivity index (χ1n) is 9.59. The highest BCUT2D eigenvalue weighted by Gasteiger charge is 2.22. The normalized spacial score (nSPS) is 18.0. The zero-order valence-electron chi connectivity index (χ0n) is 15.6. The van der Waals surface area contributed by atoms with E-state index in [1.807, 2.05) is 48.5 Å². The summed E-state index contributed by atoms with van der Waals surface area (Å²) in [4.78, 5) is 28.8. The standard InChI is InChI=1S/C22H23N3O2S/c26-21(23-10-13-25-11-4-5-12-25)17-8-9-19-18(15-17)24-22(27)20(28-19)14-16-6-2-1-3-7-16/h1-3,6-9,14-15H,4-5,10-13H2,(H,23,26)(H,24,27). The van der Waals surface area contributed by atoms with Crippen molar-refractivity contribution in [3.8, 4) is 0 Å². The van der Waals surface area contributed by atoms with Crippen LogP contribution in [0.15, 0.2) is 58.3 Å².